The van der Waals surface area contributed by atoms with E-state index in [0.29, 0.717) is 12.1 Å². The maximum Gasteiger partial charge on any atom is 0.416 e. The second kappa shape index (κ2) is 9.17. The average molecular weight is 431 g/mol. The Labute approximate surface area is 174 Å². The minimum Gasteiger partial charge on any atom is -0.352 e. The van der Waals surface area contributed by atoms with E-state index in [1.165, 1.54) is 10.7 Å². The standard InChI is InChI=1S/C20H25F3N4O.ClH/c1-12-8-13(2)27(26-12)17-7-6-15(18(10-17)20(21,22)23)11-25-19(28)14-4-3-5-16(24)9-14;/h6-8,10,14,16H,3-5,9,11,24H2,1-2H3,(H,25,28);1H. The molecule has 3 N–H and O–H groups in total. The lowest BCUT2D eigenvalue weighted by atomic mass is 9.85. The molecule has 1 aliphatic carbocycles. The Morgan fingerprint density at radius 3 is 2.59 bits per heavy atom. The summed E-state index contributed by atoms with van der Waals surface area (Å²) in [5.74, 6) is -0.460. The Morgan fingerprint density at radius 1 is 1.28 bits per heavy atom. The summed E-state index contributed by atoms with van der Waals surface area (Å²) in [4.78, 5) is 12.4. The predicted molar refractivity (Wildman–Crippen MR) is 107 cm³/mol. The molecule has 160 valence electrons. The largest absolute Gasteiger partial charge is 0.416 e. The van der Waals surface area contributed by atoms with Crippen LogP contribution in [0.3, 0.4) is 0 Å². The Morgan fingerprint density at radius 2 is 2.00 bits per heavy atom. The number of aryl methyl sites for hydroxylation is 2. The number of benzene rings is 1. The summed E-state index contributed by atoms with van der Waals surface area (Å²) in [6.45, 7) is 3.41. The summed E-state index contributed by atoms with van der Waals surface area (Å²) in [6.07, 6.45) is -1.48. The van der Waals surface area contributed by atoms with Crippen LogP contribution in [0.1, 0.15) is 48.2 Å². The molecule has 0 spiro atoms. The fourth-order valence-electron chi connectivity index (χ4n) is 3.80. The molecule has 5 nitrogen and oxygen atoms in total. The van der Waals surface area contributed by atoms with E-state index < -0.39 is 11.7 Å². The van der Waals surface area contributed by atoms with E-state index >= 15 is 0 Å². The highest BCUT2D eigenvalue weighted by atomic mass is 35.5. The van der Waals surface area contributed by atoms with E-state index in [1.54, 1.807) is 26.0 Å². The summed E-state index contributed by atoms with van der Waals surface area (Å²) < 4.78 is 42.3. The number of carbonyl (C=O) groups excluding carboxylic acids is 1. The normalized spacial score (nSPS) is 19.5. The van der Waals surface area contributed by atoms with Gasteiger partial charge in [-0.2, -0.15) is 18.3 Å². The van der Waals surface area contributed by atoms with Gasteiger partial charge in [0.1, 0.15) is 0 Å². The van der Waals surface area contributed by atoms with Gasteiger partial charge in [-0.05, 0) is 56.9 Å². The molecule has 1 saturated carbocycles. The van der Waals surface area contributed by atoms with Crippen molar-refractivity contribution in [3.8, 4) is 5.69 Å². The molecule has 3 rings (SSSR count). The summed E-state index contributed by atoms with van der Waals surface area (Å²) in [5.41, 5.74) is 6.99. The van der Waals surface area contributed by atoms with Gasteiger partial charge in [-0.1, -0.05) is 12.5 Å². The second-order valence-electron chi connectivity index (χ2n) is 7.52. The van der Waals surface area contributed by atoms with Crippen molar-refractivity contribution in [2.45, 2.75) is 58.3 Å². The first-order valence-electron chi connectivity index (χ1n) is 9.42. The number of halogens is 4. The van der Waals surface area contributed by atoms with E-state index in [2.05, 4.69) is 10.4 Å². The smallest absolute Gasteiger partial charge is 0.352 e. The summed E-state index contributed by atoms with van der Waals surface area (Å²) in [5, 5.41) is 6.90. The van der Waals surface area contributed by atoms with Crippen molar-refractivity contribution in [2.75, 3.05) is 0 Å². The van der Waals surface area contributed by atoms with Crippen LogP contribution in [-0.2, 0) is 17.5 Å². The zero-order valence-electron chi connectivity index (χ0n) is 16.4. The van der Waals surface area contributed by atoms with Crippen molar-refractivity contribution in [1.29, 1.82) is 0 Å². The number of nitrogens with one attached hydrogen (secondary N) is 1. The number of carbonyl (C=O) groups is 1. The molecule has 9 heteroatoms. The van der Waals surface area contributed by atoms with Crippen LogP contribution >= 0.6 is 12.4 Å². The van der Waals surface area contributed by atoms with Crippen LogP contribution in [0.15, 0.2) is 24.3 Å². The van der Waals surface area contributed by atoms with Gasteiger partial charge >= 0.3 is 6.18 Å². The highest BCUT2D eigenvalue weighted by Crippen LogP contribution is 2.34. The van der Waals surface area contributed by atoms with Gasteiger partial charge in [-0.25, -0.2) is 4.68 Å². The van der Waals surface area contributed by atoms with Crippen LogP contribution in [-0.4, -0.2) is 21.7 Å². The number of nitrogens with zero attached hydrogens (tertiary/aromatic N) is 2. The molecular formula is C20H26ClF3N4O. The van der Waals surface area contributed by atoms with Crippen molar-refractivity contribution >= 4 is 18.3 Å². The minimum atomic E-state index is -4.53. The topological polar surface area (TPSA) is 72.9 Å². The van der Waals surface area contributed by atoms with Gasteiger partial charge in [-0.15, -0.1) is 12.4 Å². The number of nitrogens with two attached hydrogens (primary N) is 1. The molecule has 2 atom stereocenters. The summed E-state index contributed by atoms with van der Waals surface area (Å²) in [6, 6.07) is 5.86. The summed E-state index contributed by atoms with van der Waals surface area (Å²) in [7, 11) is 0. The van der Waals surface area contributed by atoms with E-state index in [-0.39, 0.29) is 42.4 Å². The first-order valence-corrected chi connectivity index (χ1v) is 9.42. The second-order valence-corrected chi connectivity index (χ2v) is 7.52. The lowest BCUT2D eigenvalue weighted by molar-refractivity contribution is -0.138. The Bertz CT molecular complexity index is 866. The van der Waals surface area contributed by atoms with E-state index in [0.717, 1.165) is 36.7 Å². The lowest BCUT2D eigenvalue weighted by Gasteiger charge is -2.26. The van der Waals surface area contributed by atoms with Gasteiger partial charge in [0.25, 0.3) is 0 Å². The molecule has 2 unspecified atom stereocenters. The number of hydrogen-bond acceptors (Lipinski definition) is 3. The molecule has 1 amide bonds. The molecule has 0 aliphatic heterocycles. The van der Waals surface area contributed by atoms with Crippen molar-refractivity contribution < 1.29 is 18.0 Å². The Hall–Kier alpha value is -2.06. The predicted octanol–water partition coefficient (Wildman–Crippen LogP) is 4.06. The molecule has 1 heterocycles. The monoisotopic (exact) mass is 430 g/mol. The summed E-state index contributed by atoms with van der Waals surface area (Å²) >= 11 is 0. The molecule has 1 aromatic heterocycles. The molecule has 1 aromatic carbocycles. The SMILES string of the molecule is Cc1cc(C)n(-c2ccc(CNC(=O)C3CCCC(N)C3)c(C(F)(F)F)c2)n1.Cl. The molecule has 0 bridgehead atoms. The molecular weight excluding hydrogens is 405 g/mol. The maximum absolute atomic E-state index is 13.6. The fourth-order valence-corrected chi connectivity index (χ4v) is 3.80. The maximum atomic E-state index is 13.6. The molecule has 2 aromatic rings. The van der Waals surface area contributed by atoms with E-state index in [1.807, 2.05) is 0 Å². The van der Waals surface area contributed by atoms with Gasteiger partial charge in [-0.3, -0.25) is 4.79 Å². The first-order chi connectivity index (χ1) is 13.1. The van der Waals surface area contributed by atoms with Crippen LogP contribution in [0.25, 0.3) is 5.69 Å². The highest BCUT2D eigenvalue weighted by molar-refractivity contribution is 5.85. The number of alkyl halides is 3. The van der Waals surface area contributed by atoms with Gasteiger partial charge in [0.15, 0.2) is 0 Å². The first kappa shape index (κ1) is 23.2. The van der Waals surface area contributed by atoms with Gasteiger partial charge in [0.2, 0.25) is 5.91 Å². The number of aromatic nitrogens is 2. The Balaban J connectivity index is 0.00000300. The van der Waals surface area contributed by atoms with Crippen molar-refractivity contribution in [3.05, 3.63) is 46.8 Å². The van der Waals surface area contributed by atoms with Crippen LogP contribution in [0.2, 0.25) is 0 Å². The lowest BCUT2D eigenvalue weighted by Crippen LogP contribution is -2.37. The van der Waals surface area contributed by atoms with E-state index in [9.17, 15) is 18.0 Å². The third-order valence-electron chi connectivity index (χ3n) is 5.19. The van der Waals surface area contributed by atoms with Crippen LogP contribution in [0.5, 0.6) is 0 Å². The Kier molecular flexibility index (Phi) is 7.35. The van der Waals surface area contributed by atoms with Crippen molar-refractivity contribution in [2.24, 2.45) is 11.7 Å². The molecule has 0 radical (unpaired) electrons. The van der Waals surface area contributed by atoms with Gasteiger partial charge < -0.3 is 11.1 Å². The molecule has 29 heavy (non-hydrogen) atoms. The van der Waals surface area contributed by atoms with Crippen molar-refractivity contribution in [1.82, 2.24) is 15.1 Å². The van der Waals surface area contributed by atoms with Gasteiger partial charge in [0.05, 0.1) is 16.9 Å². The number of hydrogen-bond donors (Lipinski definition) is 2. The van der Waals surface area contributed by atoms with Crippen LogP contribution in [0.4, 0.5) is 13.2 Å². The van der Waals surface area contributed by atoms with Crippen LogP contribution < -0.4 is 11.1 Å². The molecule has 0 saturated heterocycles. The number of rotatable bonds is 4. The zero-order chi connectivity index (χ0) is 20.5. The zero-order valence-corrected chi connectivity index (χ0v) is 17.2. The molecule has 1 fully saturated rings. The third-order valence-corrected chi connectivity index (χ3v) is 5.19. The quantitative estimate of drug-likeness (QED) is 0.768. The highest BCUT2D eigenvalue weighted by Gasteiger charge is 2.34. The number of amides is 1. The fraction of sp³-hybridized carbons (Fsp3) is 0.500. The van der Waals surface area contributed by atoms with Gasteiger partial charge in [0, 0.05) is 24.2 Å². The molecule has 1 aliphatic rings. The average Bonchev–Trinajstić information content (AvgIpc) is 2.97. The van der Waals surface area contributed by atoms with Crippen LogP contribution in [0, 0.1) is 19.8 Å². The van der Waals surface area contributed by atoms with Crippen molar-refractivity contribution in [3.63, 3.8) is 0 Å². The third kappa shape index (κ3) is 5.51. The minimum absolute atomic E-state index is 0. The van der Waals surface area contributed by atoms with E-state index in [4.69, 9.17) is 5.73 Å².